The second kappa shape index (κ2) is 11.3. The van der Waals surface area contributed by atoms with Gasteiger partial charge in [-0.25, -0.2) is 4.79 Å². The molecule has 27 heavy (non-hydrogen) atoms. The van der Waals surface area contributed by atoms with Crippen LogP contribution in [-0.2, 0) is 14.3 Å². The first kappa shape index (κ1) is 24.3. The van der Waals surface area contributed by atoms with Crippen LogP contribution in [-0.4, -0.2) is 82.4 Å². The maximum absolute atomic E-state index is 11.6. The van der Waals surface area contributed by atoms with Crippen molar-refractivity contribution in [1.29, 1.82) is 0 Å². The van der Waals surface area contributed by atoms with Gasteiger partial charge in [0.1, 0.15) is 6.61 Å². The molecule has 1 unspecified atom stereocenters. The van der Waals surface area contributed by atoms with Gasteiger partial charge in [-0.3, -0.25) is 14.7 Å². The number of rotatable bonds is 6. The van der Waals surface area contributed by atoms with Gasteiger partial charge in [0.25, 0.3) is 5.91 Å². The molecular weight excluding hydrogens is 417 g/mol. The minimum absolute atomic E-state index is 0. The molecular formula is C15H27Cl2N5O4S. The molecule has 0 aromatic carbocycles. The molecule has 1 atom stereocenters. The van der Waals surface area contributed by atoms with Gasteiger partial charge in [0.2, 0.25) is 0 Å². The second-order valence-corrected chi connectivity index (χ2v) is 7.56. The van der Waals surface area contributed by atoms with Gasteiger partial charge in [0, 0.05) is 26.2 Å². The first-order valence-electron chi connectivity index (χ1n) is 8.66. The number of nitrogens with zero attached hydrogens (tertiary/aromatic N) is 3. The fourth-order valence-electron chi connectivity index (χ4n) is 3.51. The molecule has 3 aliphatic rings. The summed E-state index contributed by atoms with van der Waals surface area (Å²) in [6.07, 6.45) is 3.31. The summed E-state index contributed by atoms with van der Waals surface area (Å²) in [5.74, 6) is -1.42. The number of piperazine rings is 1. The van der Waals surface area contributed by atoms with Crippen molar-refractivity contribution >= 4 is 53.5 Å². The molecule has 1 amide bonds. The maximum atomic E-state index is 11.6. The summed E-state index contributed by atoms with van der Waals surface area (Å²) in [4.78, 5) is 24.5. The summed E-state index contributed by atoms with van der Waals surface area (Å²) in [6, 6.07) is 0.217. The van der Waals surface area contributed by atoms with Crippen LogP contribution in [0.1, 0.15) is 25.7 Å². The Hall–Kier alpha value is -0.780. The van der Waals surface area contributed by atoms with E-state index in [0.717, 1.165) is 51.9 Å². The van der Waals surface area contributed by atoms with Crippen LogP contribution in [0.25, 0.3) is 0 Å². The molecule has 0 bridgehead atoms. The topological polar surface area (TPSA) is 120 Å². The quantitative estimate of drug-likeness (QED) is 0.534. The third kappa shape index (κ3) is 6.37. The standard InChI is InChI=1S/C15H25N5O4S.2ClH/c16-13(23)14-18-20(15(25-14)19-7-5-17-6-8-19)10-1-3-11(4-2-10)24-9-12(21)22;;/h10-11,15,17H,1-9H2,(H2,16,23)(H,21,22);2*1H/t10-,11-,15?;;. The van der Waals surface area contributed by atoms with Crippen LogP contribution in [0, 0.1) is 0 Å². The van der Waals surface area contributed by atoms with Crippen LogP contribution in [0.4, 0.5) is 0 Å². The van der Waals surface area contributed by atoms with Crippen LogP contribution < -0.4 is 11.1 Å². The molecule has 1 saturated carbocycles. The van der Waals surface area contributed by atoms with Crippen LogP contribution in [0.3, 0.4) is 0 Å². The van der Waals surface area contributed by atoms with E-state index in [4.69, 9.17) is 15.6 Å². The van der Waals surface area contributed by atoms with Crippen molar-refractivity contribution in [3.8, 4) is 0 Å². The predicted octanol–water partition coefficient (Wildman–Crippen LogP) is 0.279. The van der Waals surface area contributed by atoms with Gasteiger partial charge in [-0.05, 0) is 25.7 Å². The third-order valence-corrected chi connectivity index (χ3v) is 6.02. The van der Waals surface area contributed by atoms with Crippen molar-refractivity contribution in [2.75, 3.05) is 32.8 Å². The van der Waals surface area contributed by atoms with Crippen molar-refractivity contribution in [3.05, 3.63) is 0 Å². The fourth-order valence-corrected chi connectivity index (χ4v) is 4.66. The smallest absolute Gasteiger partial charge is 0.329 e. The number of carbonyl (C=O) groups is 2. The van der Waals surface area contributed by atoms with Crippen molar-refractivity contribution in [2.24, 2.45) is 10.8 Å². The van der Waals surface area contributed by atoms with Crippen LogP contribution in [0.2, 0.25) is 0 Å². The minimum Gasteiger partial charge on any atom is -0.480 e. The molecule has 4 N–H and O–H groups in total. The Morgan fingerprint density at radius 2 is 1.85 bits per heavy atom. The third-order valence-electron chi connectivity index (χ3n) is 4.78. The second-order valence-electron chi connectivity index (χ2n) is 6.51. The van der Waals surface area contributed by atoms with Gasteiger partial charge >= 0.3 is 5.97 Å². The van der Waals surface area contributed by atoms with Crippen LogP contribution in [0.5, 0.6) is 0 Å². The average Bonchev–Trinajstić information content (AvgIpc) is 3.07. The maximum Gasteiger partial charge on any atom is 0.329 e. The minimum atomic E-state index is -0.937. The van der Waals surface area contributed by atoms with Crippen LogP contribution in [0.15, 0.2) is 5.10 Å². The number of thioether (sulfide) groups is 1. The lowest BCUT2D eigenvalue weighted by Gasteiger charge is -2.41. The van der Waals surface area contributed by atoms with E-state index in [1.54, 1.807) is 0 Å². The molecule has 1 aliphatic carbocycles. The molecule has 0 aromatic rings. The lowest BCUT2D eigenvalue weighted by atomic mass is 9.92. The number of carbonyl (C=O) groups excluding carboxylic acids is 1. The van der Waals surface area contributed by atoms with Gasteiger partial charge in [-0.2, -0.15) is 5.10 Å². The fraction of sp³-hybridized carbons (Fsp3) is 0.800. The number of hydrazone groups is 1. The monoisotopic (exact) mass is 443 g/mol. The van der Waals surface area contributed by atoms with Gasteiger partial charge in [0.15, 0.2) is 10.5 Å². The molecule has 12 heteroatoms. The summed E-state index contributed by atoms with van der Waals surface area (Å²) < 4.78 is 5.41. The predicted molar refractivity (Wildman–Crippen MR) is 108 cm³/mol. The highest BCUT2D eigenvalue weighted by molar-refractivity contribution is 8.16. The van der Waals surface area contributed by atoms with E-state index in [9.17, 15) is 9.59 Å². The SMILES string of the molecule is Cl.Cl.NC(=O)C1=NN([C@H]2CC[C@H](OCC(=O)O)CC2)C(N2CCNCC2)S1. The molecule has 1 saturated heterocycles. The van der Waals surface area contributed by atoms with Gasteiger partial charge in [0.05, 0.1) is 12.1 Å². The molecule has 2 fully saturated rings. The lowest BCUT2D eigenvalue weighted by Crippen LogP contribution is -2.53. The van der Waals surface area contributed by atoms with Gasteiger partial charge < -0.3 is 20.9 Å². The molecule has 3 rings (SSSR count). The number of amides is 1. The average molecular weight is 444 g/mol. The molecule has 9 nitrogen and oxygen atoms in total. The lowest BCUT2D eigenvalue weighted by molar-refractivity contribution is -0.145. The Morgan fingerprint density at radius 1 is 1.22 bits per heavy atom. The Labute approximate surface area is 175 Å². The zero-order chi connectivity index (χ0) is 17.8. The molecule has 0 spiro atoms. The van der Waals surface area contributed by atoms with Gasteiger partial charge in [-0.15, -0.1) is 24.8 Å². The summed E-state index contributed by atoms with van der Waals surface area (Å²) in [6.45, 7) is 3.42. The van der Waals surface area contributed by atoms with E-state index in [2.05, 4.69) is 15.3 Å². The van der Waals surface area contributed by atoms with E-state index in [1.807, 2.05) is 5.01 Å². The molecule has 2 aliphatic heterocycles. The number of hydrogen-bond donors (Lipinski definition) is 3. The molecule has 2 heterocycles. The number of ether oxygens (including phenoxy) is 1. The number of nitrogens with one attached hydrogen (secondary N) is 1. The highest BCUT2D eigenvalue weighted by Crippen LogP contribution is 2.35. The van der Waals surface area contributed by atoms with E-state index >= 15 is 0 Å². The van der Waals surface area contributed by atoms with Gasteiger partial charge in [-0.1, -0.05) is 11.8 Å². The number of nitrogens with two attached hydrogens (primary N) is 1. The highest BCUT2D eigenvalue weighted by Gasteiger charge is 2.40. The number of carboxylic acids is 1. The van der Waals surface area contributed by atoms with E-state index in [-0.39, 0.29) is 49.1 Å². The number of aliphatic carboxylic acids is 1. The Balaban J connectivity index is 0.00000182. The summed E-state index contributed by atoms with van der Waals surface area (Å²) in [7, 11) is 0. The zero-order valence-electron chi connectivity index (χ0n) is 14.9. The van der Waals surface area contributed by atoms with E-state index < -0.39 is 11.9 Å². The first-order valence-corrected chi connectivity index (χ1v) is 9.54. The summed E-state index contributed by atoms with van der Waals surface area (Å²) in [5, 5.41) is 19.0. The number of hydrogen-bond acceptors (Lipinski definition) is 8. The Bertz CT molecular complexity index is 542. The number of primary amides is 1. The van der Waals surface area contributed by atoms with E-state index in [0.29, 0.717) is 5.04 Å². The normalized spacial score (nSPS) is 28.7. The largest absolute Gasteiger partial charge is 0.480 e. The van der Waals surface area contributed by atoms with Crippen molar-refractivity contribution in [2.45, 2.75) is 43.3 Å². The van der Waals surface area contributed by atoms with Crippen molar-refractivity contribution in [3.63, 3.8) is 0 Å². The highest BCUT2D eigenvalue weighted by atomic mass is 35.5. The van der Waals surface area contributed by atoms with Crippen molar-refractivity contribution < 1.29 is 19.4 Å². The molecule has 0 radical (unpaired) electrons. The van der Waals surface area contributed by atoms with E-state index in [1.165, 1.54) is 11.8 Å². The summed E-state index contributed by atoms with van der Waals surface area (Å²) >= 11 is 1.43. The molecule has 0 aromatic heterocycles. The number of carboxylic acid groups (broad SMARTS) is 1. The van der Waals surface area contributed by atoms with Crippen LogP contribution >= 0.6 is 36.6 Å². The Kier molecular flexibility index (Phi) is 10.1. The Morgan fingerprint density at radius 3 is 2.41 bits per heavy atom. The zero-order valence-corrected chi connectivity index (χ0v) is 17.4. The summed E-state index contributed by atoms with van der Waals surface area (Å²) in [5.41, 5.74) is 5.45. The van der Waals surface area contributed by atoms with Crippen molar-refractivity contribution in [1.82, 2.24) is 15.2 Å². The first-order chi connectivity index (χ1) is 12.0. The number of halogens is 2. The molecule has 156 valence electrons.